The van der Waals surface area contributed by atoms with Crippen LogP contribution in [0.4, 0.5) is 5.69 Å². The van der Waals surface area contributed by atoms with E-state index in [1.165, 1.54) is 0 Å². The summed E-state index contributed by atoms with van der Waals surface area (Å²) in [5, 5.41) is 3.62. The van der Waals surface area contributed by atoms with Crippen molar-refractivity contribution >= 4 is 44.6 Å². The van der Waals surface area contributed by atoms with Gasteiger partial charge < -0.3 is 5.32 Å². The third-order valence-corrected chi connectivity index (χ3v) is 5.62. The van der Waals surface area contributed by atoms with Gasteiger partial charge in [0.05, 0.1) is 22.2 Å². The molecule has 0 spiro atoms. The molecular weight excluding hydrogens is 321 g/mol. The van der Waals surface area contributed by atoms with E-state index in [4.69, 9.17) is 23.2 Å². The second kappa shape index (κ2) is 6.33. The van der Waals surface area contributed by atoms with Gasteiger partial charge in [0.15, 0.2) is 0 Å². The molecule has 7 heteroatoms. The quantitative estimate of drug-likeness (QED) is 0.922. The van der Waals surface area contributed by atoms with Crippen molar-refractivity contribution in [2.75, 3.05) is 16.8 Å². The van der Waals surface area contributed by atoms with Crippen molar-refractivity contribution in [2.45, 2.75) is 19.3 Å². The van der Waals surface area contributed by atoms with Crippen molar-refractivity contribution in [3.05, 3.63) is 28.2 Å². The van der Waals surface area contributed by atoms with Crippen LogP contribution in [0, 0.1) is 5.92 Å². The highest BCUT2D eigenvalue weighted by atomic mass is 35.5. The molecule has 1 saturated heterocycles. The summed E-state index contributed by atoms with van der Waals surface area (Å²) in [5.41, 5.74) is 0.518. The largest absolute Gasteiger partial charge is 0.325 e. The molecule has 1 aromatic carbocycles. The molecule has 4 nitrogen and oxygen atoms in total. The minimum absolute atomic E-state index is 0.115. The van der Waals surface area contributed by atoms with Crippen molar-refractivity contribution in [3.8, 4) is 0 Å². The molecule has 0 bridgehead atoms. The zero-order valence-corrected chi connectivity index (χ0v) is 13.1. The van der Waals surface area contributed by atoms with E-state index in [1.54, 1.807) is 18.2 Å². The lowest BCUT2D eigenvalue weighted by molar-refractivity contribution is -0.117. The standard InChI is InChI=1S/C13H15Cl2NO3S/c14-10-1-2-12(11(15)8-10)16-13(17)7-9-3-5-20(18,19)6-4-9/h1-2,8-9H,3-7H2,(H,16,17). The third-order valence-electron chi connectivity index (χ3n) is 3.35. The molecule has 2 rings (SSSR count). The average Bonchev–Trinajstić information content (AvgIpc) is 2.35. The molecule has 0 aliphatic carbocycles. The number of hydrogen-bond acceptors (Lipinski definition) is 3. The number of nitrogens with one attached hydrogen (secondary N) is 1. The van der Waals surface area contributed by atoms with Crippen molar-refractivity contribution < 1.29 is 13.2 Å². The van der Waals surface area contributed by atoms with Gasteiger partial charge in [0.1, 0.15) is 9.84 Å². The number of amides is 1. The van der Waals surface area contributed by atoms with Crippen LogP contribution in [0.5, 0.6) is 0 Å². The highest BCUT2D eigenvalue weighted by molar-refractivity contribution is 7.91. The van der Waals surface area contributed by atoms with Crippen LogP contribution < -0.4 is 5.32 Å². The van der Waals surface area contributed by atoms with Gasteiger partial charge in [-0.05, 0) is 37.0 Å². The maximum absolute atomic E-state index is 11.9. The molecule has 0 radical (unpaired) electrons. The monoisotopic (exact) mass is 335 g/mol. The predicted octanol–water partition coefficient (Wildman–Crippen LogP) is 3.15. The maximum Gasteiger partial charge on any atom is 0.224 e. The van der Waals surface area contributed by atoms with Crippen LogP contribution in [0.25, 0.3) is 0 Å². The Labute approximate surface area is 128 Å². The van der Waals surface area contributed by atoms with E-state index < -0.39 is 9.84 Å². The Kier molecular flexibility index (Phi) is 4.94. The van der Waals surface area contributed by atoms with Gasteiger partial charge in [-0.25, -0.2) is 8.42 Å². The first-order chi connectivity index (χ1) is 9.35. The van der Waals surface area contributed by atoms with Crippen molar-refractivity contribution in [2.24, 2.45) is 5.92 Å². The van der Waals surface area contributed by atoms with Gasteiger partial charge in [0.2, 0.25) is 5.91 Å². The van der Waals surface area contributed by atoms with E-state index in [1.807, 2.05) is 0 Å². The fourth-order valence-electron chi connectivity index (χ4n) is 2.20. The average molecular weight is 336 g/mol. The van der Waals surface area contributed by atoms with Gasteiger partial charge in [0.25, 0.3) is 0 Å². The smallest absolute Gasteiger partial charge is 0.224 e. The van der Waals surface area contributed by atoms with E-state index in [0.29, 0.717) is 35.0 Å². The van der Waals surface area contributed by atoms with E-state index >= 15 is 0 Å². The summed E-state index contributed by atoms with van der Waals surface area (Å²) in [6.07, 6.45) is 1.41. The van der Waals surface area contributed by atoms with E-state index in [-0.39, 0.29) is 23.3 Å². The number of carbonyl (C=O) groups is 1. The Hall–Kier alpha value is -0.780. The molecule has 1 heterocycles. The molecule has 1 aliphatic rings. The predicted molar refractivity (Wildman–Crippen MR) is 81.1 cm³/mol. The van der Waals surface area contributed by atoms with Crippen LogP contribution >= 0.6 is 23.2 Å². The number of halogens is 2. The Balaban J connectivity index is 1.90. The lowest BCUT2D eigenvalue weighted by Crippen LogP contribution is -2.26. The molecule has 0 unspecified atom stereocenters. The molecule has 0 aromatic heterocycles. The van der Waals surface area contributed by atoms with Crippen molar-refractivity contribution in [1.82, 2.24) is 0 Å². The Morgan fingerprint density at radius 2 is 1.90 bits per heavy atom. The Bertz CT molecular complexity index is 602. The van der Waals surface area contributed by atoms with Crippen LogP contribution in [0.1, 0.15) is 19.3 Å². The second-order valence-corrected chi connectivity index (χ2v) is 8.12. The first-order valence-electron chi connectivity index (χ1n) is 6.31. The van der Waals surface area contributed by atoms with Gasteiger partial charge in [0, 0.05) is 11.4 Å². The van der Waals surface area contributed by atoms with Crippen LogP contribution in [0.3, 0.4) is 0 Å². The van der Waals surface area contributed by atoms with E-state index in [2.05, 4.69) is 5.32 Å². The minimum Gasteiger partial charge on any atom is -0.325 e. The number of carbonyl (C=O) groups excluding carboxylic acids is 1. The minimum atomic E-state index is -2.89. The normalized spacial score (nSPS) is 18.7. The maximum atomic E-state index is 11.9. The topological polar surface area (TPSA) is 63.2 Å². The third kappa shape index (κ3) is 4.36. The molecule has 0 saturated carbocycles. The lowest BCUT2D eigenvalue weighted by atomic mass is 9.98. The van der Waals surface area contributed by atoms with Crippen LogP contribution in [-0.4, -0.2) is 25.8 Å². The van der Waals surface area contributed by atoms with Gasteiger partial charge in [-0.15, -0.1) is 0 Å². The molecule has 1 aliphatic heterocycles. The molecule has 20 heavy (non-hydrogen) atoms. The van der Waals surface area contributed by atoms with Crippen LogP contribution in [0.15, 0.2) is 18.2 Å². The molecule has 1 aromatic rings. The molecule has 110 valence electrons. The second-order valence-electron chi connectivity index (χ2n) is 4.97. The van der Waals surface area contributed by atoms with Crippen LogP contribution in [0.2, 0.25) is 10.0 Å². The summed E-state index contributed by atoms with van der Waals surface area (Å²) in [5.74, 6) is 0.308. The number of sulfone groups is 1. The number of rotatable bonds is 3. The summed E-state index contributed by atoms with van der Waals surface area (Å²) in [7, 11) is -2.89. The fraction of sp³-hybridized carbons (Fsp3) is 0.462. The summed E-state index contributed by atoms with van der Waals surface area (Å²) in [6, 6.07) is 4.86. The SMILES string of the molecule is O=C(CC1CCS(=O)(=O)CC1)Nc1ccc(Cl)cc1Cl. The fourth-order valence-corrected chi connectivity index (χ4v) is 4.24. The highest BCUT2D eigenvalue weighted by Crippen LogP contribution is 2.27. The van der Waals surface area contributed by atoms with Crippen LogP contribution in [-0.2, 0) is 14.6 Å². The number of hydrogen-bond donors (Lipinski definition) is 1. The zero-order valence-electron chi connectivity index (χ0n) is 10.7. The van der Waals surface area contributed by atoms with E-state index in [0.717, 1.165) is 0 Å². The first kappa shape index (κ1) is 15.6. The summed E-state index contributed by atoms with van der Waals surface area (Å²) in [4.78, 5) is 11.9. The van der Waals surface area contributed by atoms with E-state index in [9.17, 15) is 13.2 Å². The molecule has 1 N–H and O–H groups in total. The van der Waals surface area contributed by atoms with Gasteiger partial charge >= 0.3 is 0 Å². The Morgan fingerprint density at radius 3 is 2.50 bits per heavy atom. The summed E-state index contributed by atoms with van der Waals surface area (Å²) < 4.78 is 22.6. The zero-order chi connectivity index (χ0) is 14.8. The lowest BCUT2D eigenvalue weighted by Gasteiger charge is -2.21. The highest BCUT2D eigenvalue weighted by Gasteiger charge is 2.25. The molecule has 1 amide bonds. The van der Waals surface area contributed by atoms with Gasteiger partial charge in [-0.1, -0.05) is 23.2 Å². The van der Waals surface area contributed by atoms with Gasteiger partial charge in [-0.3, -0.25) is 4.79 Å². The summed E-state index contributed by atoms with van der Waals surface area (Å²) in [6.45, 7) is 0. The first-order valence-corrected chi connectivity index (χ1v) is 8.89. The Morgan fingerprint density at radius 1 is 1.25 bits per heavy atom. The molecule has 0 atom stereocenters. The number of anilines is 1. The molecular formula is C13H15Cl2NO3S. The number of benzene rings is 1. The van der Waals surface area contributed by atoms with Crippen molar-refractivity contribution in [1.29, 1.82) is 0 Å². The van der Waals surface area contributed by atoms with Crippen molar-refractivity contribution in [3.63, 3.8) is 0 Å². The molecule has 1 fully saturated rings. The van der Waals surface area contributed by atoms with Gasteiger partial charge in [-0.2, -0.15) is 0 Å². The summed E-state index contributed by atoms with van der Waals surface area (Å²) >= 11 is 11.8.